The molecule has 1 fully saturated rings. The first-order valence-corrected chi connectivity index (χ1v) is 6.29. The summed E-state index contributed by atoms with van der Waals surface area (Å²) >= 11 is 0. The molecule has 0 saturated heterocycles. The highest BCUT2D eigenvalue weighted by molar-refractivity contribution is 5.35. The molecular formula is C11H18N4O3. The number of nitrogens with one attached hydrogen (secondary N) is 2. The second-order valence-corrected chi connectivity index (χ2v) is 4.54. The van der Waals surface area contributed by atoms with Gasteiger partial charge in [0.05, 0.1) is 6.61 Å². The summed E-state index contributed by atoms with van der Waals surface area (Å²) in [5, 5.41) is 15.2. The number of aliphatic hydroxyl groups excluding tert-OH is 1. The molecule has 1 saturated carbocycles. The maximum absolute atomic E-state index is 11.7. The maximum atomic E-state index is 11.7. The Morgan fingerprint density at radius 3 is 2.61 bits per heavy atom. The molecule has 1 aliphatic carbocycles. The maximum Gasteiger partial charge on any atom is 0.342 e. The van der Waals surface area contributed by atoms with E-state index in [0.29, 0.717) is 6.54 Å². The molecule has 1 aromatic heterocycles. The molecule has 7 heteroatoms. The van der Waals surface area contributed by atoms with Gasteiger partial charge in [0.25, 0.3) is 5.56 Å². The Labute approximate surface area is 104 Å². The van der Waals surface area contributed by atoms with Crippen LogP contribution in [0.4, 0.5) is 5.82 Å². The van der Waals surface area contributed by atoms with E-state index in [4.69, 9.17) is 5.11 Å². The van der Waals surface area contributed by atoms with Crippen LogP contribution in [0.1, 0.15) is 32.1 Å². The van der Waals surface area contributed by atoms with E-state index in [1.54, 1.807) is 4.90 Å². The monoisotopic (exact) mass is 254 g/mol. The molecule has 1 heterocycles. The van der Waals surface area contributed by atoms with Gasteiger partial charge in [-0.1, -0.05) is 19.3 Å². The highest BCUT2D eigenvalue weighted by atomic mass is 16.3. The Morgan fingerprint density at radius 1 is 1.28 bits per heavy atom. The van der Waals surface area contributed by atoms with Crippen LogP contribution in [0.3, 0.4) is 0 Å². The minimum Gasteiger partial charge on any atom is -0.395 e. The van der Waals surface area contributed by atoms with Gasteiger partial charge in [-0.25, -0.2) is 9.89 Å². The van der Waals surface area contributed by atoms with Crippen molar-refractivity contribution in [2.45, 2.75) is 38.1 Å². The third kappa shape index (κ3) is 2.79. The summed E-state index contributed by atoms with van der Waals surface area (Å²) in [7, 11) is 0. The Balaban J connectivity index is 2.28. The first-order valence-electron chi connectivity index (χ1n) is 6.29. The van der Waals surface area contributed by atoms with Crippen LogP contribution < -0.4 is 16.1 Å². The molecule has 2 rings (SSSR count). The molecule has 0 aromatic carbocycles. The van der Waals surface area contributed by atoms with Crippen LogP contribution in [0.25, 0.3) is 0 Å². The van der Waals surface area contributed by atoms with Crippen molar-refractivity contribution in [3.05, 3.63) is 20.8 Å². The number of aromatic nitrogens is 3. The molecule has 7 nitrogen and oxygen atoms in total. The van der Waals surface area contributed by atoms with Gasteiger partial charge in [-0.15, -0.1) is 5.10 Å². The fraction of sp³-hybridized carbons (Fsp3) is 0.727. The van der Waals surface area contributed by atoms with E-state index in [2.05, 4.69) is 15.2 Å². The number of hydrogen-bond donors (Lipinski definition) is 3. The van der Waals surface area contributed by atoms with Crippen LogP contribution in [0.2, 0.25) is 0 Å². The second-order valence-electron chi connectivity index (χ2n) is 4.54. The third-order valence-corrected chi connectivity index (χ3v) is 3.32. The van der Waals surface area contributed by atoms with Gasteiger partial charge < -0.3 is 10.0 Å². The lowest BCUT2D eigenvalue weighted by Crippen LogP contribution is -2.43. The minimum atomic E-state index is -0.614. The third-order valence-electron chi connectivity index (χ3n) is 3.32. The van der Waals surface area contributed by atoms with Gasteiger partial charge in [0.2, 0.25) is 5.82 Å². The van der Waals surface area contributed by atoms with E-state index in [9.17, 15) is 9.59 Å². The van der Waals surface area contributed by atoms with Crippen LogP contribution in [0.5, 0.6) is 0 Å². The summed E-state index contributed by atoms with van der Waals surface area (Å²) in [5.74, 6) is 0.190. The zero-order valence-corrected chi connectivity index (χ0v) is 10.2. The van der Waals surface area contributed by atoms with Crippen molar-refractivity contribution in [3.63, 3.8) is 0 Å². The summed E-state index contributed by atoms with van der Waals surface area (Å²) in [4.78, 5) is 26.7. The molecule has 100 valence electrons. The summed E-state index contributed by atoms with van der Waals surface area (Å²) < 4.78 is 0. The first kappa shape index (κ1) is 12.8. The molecular weight excluding hydrogens is 236 g/mol. The molecule has 3 N–H and O–H groups in total. The fourth-order valence-corrected chi connectivity index (χ4v) is 2.50. The van der Waals surface area contributed by atoms with Crippen molar-refractivity contribution in [1.82, 2.24) is 15.2 Å². The number of anilines is 1. The average molecular weight is 254 g/mol. The molecule has 0 radical (unpaired) electrons. The van der Waals surface area contributed by atoms with E-state index >= 15 is 0 Å². The molecule has 1 aromatic rings. The predicted octanol–water partition coefficient (Wildman–Crippen LogP) is -0.410. The smallest absolute Gasteiger partial charge is 0.342 e. The molecule has 0 aliphatic heterocycles. The van der Waals surface area contributed by atoms with E-state index in [1.807, 2.05) is 0 Å². The number of hydrogen-bond acceptors (Lipinski definition) is 5. The Hall–Kier alpha value is -1.63. The predicted molar refractivity (Wildman–Crippen MR) is 66.8 cm³/mol. The summed E-state index contributed by atoms with van der Waals surface area (Å²) in [5.41, 5.74) is -1.12. The molecule has 0 bridgehead atoms. The summed E-state index contributed by atoms with van der Waals surface area (Å²) in [6.45, 7) is 0.309. The Kier molecular flexibility index (Phi) is 4.14. The molecule has 0 spiro atoms. The molecule has 18 heavy (non-hydrogen) atoms. The number of nitrogens with zero attached hydrogens (tertiary/aromatic N) is 2. The van der Waals surface area contributed by atoms with E-state index in [-0.39, 0.29) is 18.5 Å². The quantitative estimate of drug-likeness (QED) is 0.678. The van der Waals surface area contributed by atoms with Gasteiger partial charge in [0.1, 0.15) is 0 Å². The second kappa shape index (κ2) is 5.81. The molecule has 0 unspecified atom stereocenters. The number of aromatic amines is 2. The molecule has 0 amide bonds. The zero-order chi connectivity index (χ0) is 13.0. The molecule has 0 atom stereocenters. The Morgan fingerprint density at radius 2 is 2.00 bits per heavy atom. The number of rotatable bonds is 4. The Bertz CT molecular complexity index is 490. The van der Waals surface area contributed by atoms with E-state index in [1.165, 1.54) is 6.42 Å². The van der Waals surface area contributed by atoms with Crippen molar-refractivity contribution >= 4 is 5.82 Å². The van der Waals surface area contributed by atoms with Crippen LogP contribution in [-0.2, 0) is 0 Å². The van der Waals surface area contributed by atoms with Gasteiger partial charge in [-0.05, 0) is 12.8 Å². The van der Waals surface area contributed by atoms with Crippen LogP contribution >= 0.6 is 0 Å². The van der Waals surface area contributed by atoms with E-state index in [0.717, 1.165) is 25.7 Å². The van der Waals surface area contributed by atoms with Gasteiger partial charge in [-0.2, -0.15) is 0 Å². The van der Waals surface area contributed by atoms with Crippen LogP contribution in [-0.4, -0.2) is 39.5 Å². The highest BCUT2D eigenvalue weighted by Crippen LogP contribution is 2.24. The lowest BCUT2D eigenvalue weighted by atomic mass is 9.94. The summed E-state index contributed by atoms with van der Waals surface area (Å²) in [6.07, 6.45) is 5.42. The number of aliphatic hydroxyl groups is 1. The van der Waals surface area contributed by atoms with Crippen molar-refractivity contribution in [2.75, 3.05) is 18.1 Å². The van der Waals surface area contributed by atoms with Crippen molar-refractivity contribution in [3.8, 4) is 0 Å². The van der Waals surface area contributed by atoms with Crippen molar-refractivity contribution in [1.29, 1.82) is 0 Å². The topological polar surface area (TPSA) is 102 Å². The summed E-state index contributed by atoms with van der Waals surface area (Å²) in [6, 6.07) is 0.213. The lowest BCUT2D eigenvalue weighted by molar-refractivity contribution is 0.289. The van der Waals surface area contributed by atoms with Crippen LogP contribution in [0, 0.1) is 0 Å². The lowest BCUT2D eigenvalue weighted by Gasteiger charge is -2.33. The van der Waals surface area contributed by atoms with Crippen molar-refractivity contribution in [2.24, 2.45) is 0 Å². The first-order chi connectivity index (χ1) is 8.72. The van der Waals surface area contributed by atoms with Gasteiger partial charge >= 0.3 is 5.69 Å². The van der Waals surface area contributed by atoms with E-state index < -0.39 is 11.2 Å². The SMILES string of the molecule is O=c1[nH]nc(N(CCO)C2CCCCC2)c(=O)[nH]1. The van der Waals surface area contributed by atoms with Crippen LogP contribution in [0.15, 0.2) is 9.59 Å². The zero-order valence-electron chi connectivity index (χ0n) is 10.2. The standard InChI is InChI=1S/C11H18N4O3/c16-7-6-15(8-4-2-1-3-5-8)9-10(17)12-11(18)14-13-9/h8,16H,1-7H2,(H2,12,14,17,18). The van der Waals surface area contributed by atoms with Gasteiger partial charge in [0.15, 0.2) is 0 Å². The minimum absolute atomic E-state index is 0.0449. The van der Waals surface area contributed by atoms with Gasteiger partial charge in [0, 0.05) is 12.6 Å². The average Bonchev–Trinajstić information content (AvgIpc) is 2.38. The van der Waals surface area contributed by atoms with Crippen molar-refractivity contribution < 1.29 is 5.11 Å². The highest BCUT2D eigenvalue weighted by Gasteiger charge is 2.24. The fourth-order valence-electron chi connectivity index (χ4n) is 2.50. The normalized spacial score (nSPS) is 16.7. The molecule has 1 aliphatic rings. The largest absolute Gasteiger partial charge is 0.395 e. The number of H-pyrrole nitrogens is 2. The van der Waals surface area contributed by atoms with Gasteiger partial charge in [-0.3, -0.25) is 9.78 Å².